The van der Waals surface area contributed by atoms with Gasteiger partial charge in [-0.15, -0.1) is 10.2 Å². The van der Waals surface area contributed by atoms with Crippen molar-refractivity contribution in [3.8, 4) is 0 Å². The first-order chi connectivity index (χ1) is 8.93. The maximum Gasteiger partial charge on any atom is 0.400 e. The highest BCUT2D eigenvalue weighted by Gasteiger charge is 2.39. The van der Waals surface area contributed by atoms with E-state index in [0.29, 0.717) is 23.5 Å². The van der Waals surface area contributed by atoms with Crippen molar-refractivity contribution in [3.05, 3.63) is 0 Å². The molecule has 20 heavy (non-hydrogen) atoms. The van der Waals surface area contributed by atoms with Gasteiger partial charge in [0, 0.05) is 7.05 Å². The number of nitrogens with zero attached hydrogens (tertiary/aromatic N) is 3. The quantitative estimate of drug-likeness (QED) is 0.615. The van der Waals surface area contributed by atoms with E-state index in [-0.39, 0.29) is 10.3 Å². The predicted molar refractivity (Wildman–Crippen MR) is 63.8 cm³/mol. The van der Waals surface area contributed by atoms with Crippen molar-refractivity contribution >= 4 is 23.5 Å². The molecule has 0 N–H and O–H groups in total. The summed E-state index contributed by atoms with van der Waals surface area (Å²) in [5, 5.41) is 3.39. The minimum atomic E-state index is -4.41. The Balaban J connectivity index is 2.80. The topological polar surface area (TPSA) is 30.7 Å². The van der Waals surface area contributed by atoms with E-state index < -0.39 is 22.9 Å². The minimum Gasteiger partial charge on any atom is -0.300 e. The molecule has 0 saturated carbocycles. The number of hydrogen-bond donors (Lipinski definition) is 0. The Labute approximate surface area is 119 Å². The Morgan fingerprint density at radius 3 is 1.40 bits per heavy atom. The molecule has 2 atom stereocenters. The second-order valence-electron chi connectivity index (χ2n) is 3.93. The summed E-state index contributed by atoms with van der Waals surface area (Å²) in [6.45, 7) is 1.90. The molecule has 116 valence electrons. The first-order valence-electron chi connectivity index (χ1n) is 5.29. The largest absolute Gasteiger partial charge is 0.400 e. The van der Waals surface area contributed by atoms with E-state index in [4.69, 9.17) is 0 Å². The van der Waals surface area contributed by atoms with Crippen LogP contribution >= 0.6 is 23.5 Å². The van der Waals surface area contributed by atoms with Gasteiger partial charge in [0.2, 0.25) is 0 Å². The Bertz CT molecular complexity index is 416. The normalized spacial score (nSPS) is 16.2. The van der Waals surface area contributed by atoms with Gasteiger partial charge in [-0.05, 0) is 13.8 Å². The van der Waals surface area contributed by atoms with Gasteiger partial charge in [-0.25, -0.2) is 0 Å². The monoisotopic (exact) mass is 339 g/mol. The van der Waals surface area contributed by atoms with Crippen LogP contribution in [0.4, 0.5) is 26.3 Å². The van der Waals surface area contributed by atoms with Gasteiger partial charge in [-0.1, -0.05) is 23.5 Å². The number of aromatic nitrogens is 3. The van der Waals surface area contributed by atoms with Gasteiger partial charge in [0.15, 0.2) is 10.3 Å². The zero-order valence-corrected chi connectivity index (χ0v) is 12.2. The maximum absolute atomic E-state index is 12.4. The van der Waals surface area contributed by atoms with Crippen molar-refractivity contribution in [1.82, 2.24) is 14.8 Å². The van der Waals surface area contributed by atoms with Crippen molar-refractivity contribution in [3.63, 3.8) is 0 Å². The van der Waals surface area contributed by atoms with E-state index in [1.165, 1.54) is 7.05 Å². The van der Waals surface area contributed by atoms with Gasteiger partial charge in [0.25, 0.3) is 0 Å². The van der Waals surface area contributed by atoms with Crippen molar-refractivity contribution in [2.45, 2.75) is 47.0 Å². The first kappa shape index (κ1) is 17.5. The highest BCUT2D eigenvalue weighted by molar-refractivity contribution is 8.00. The van der Waals surface area contributed by atoms with E-state index in [9.17, 15) is 26.3 Å². The SMILES string of the molecule is CC(Sc1nnc(SC(C)C(F)(F)F)n1C)C(F)(F)F. The molecular weight excluding hydrogens is 328 g/mol. The number of alkyl halides is 6. The number of hydrogen-bond acceptors (Lipinski definition) is 4. The molecule has 1 aromatic rings. The Hall–Kier alpha value is -0.580. The van der Waals surface area contributed by atoms with Gasteiger partial charge >= 0.3 is 12.4 Å². The third-order valence-corrected chi connectivity index (χ3v) is 4.66. The van der Waals surface area contributed by atoms with Crippen LogP contribution < -0.4 is 0 Å². The second-order valence-corrected chi connectivity index (χ2v) is 6.54. The van der Waals surface area contributed by atoms with E-state index in [1.807, 2.05) is 0 Å². The molecule has 1 heterocycles. The van der Waals surface area contributed by atoms with Crippen LogP contribution in [0.15, 0.2) is 10.3 Å². The fraction of sp³-hybridized carbons (Fsp3) is 0.778. The lowest BCUT2D eigenvalue weighted by atomic mass is 10.5. The lowest BCUT2D eigenvalue weighted by molar-refractivity contribution is -0.126. The highest BCUT2D eigenvalue weighted by Crippen LogP contribution is 2.37. The van der Waals surface area contributed by atoms with E-state index in [0.717, 1.165) is 18.4 Å². The van der Waals surface area contributed by atoms with Crippen LogP contribution in [0.1, 0.15) is 13.8 Å². The summed E-state index contributed by atoms with van der Waals surface area (Å²) in [5.74, 6) is 0. The summed E-state index contributed by atoms with van der Waals surface area (Å²) in [6, 6.07) is 0. The molecule has 0 bridgehead atoms. The van der Waals surface area contributed by atoms with E-state index in [2.05, 4.69) is 10.2 Å². The molecule has 0 fully saturated rings. The van der Waals surface area contributed by atoms with Crippen LogP contribution in [0.3, 0.4) is 0 Å². The summed E-state index contributed by atoms with van der Waals surface area (Å²) in [6.07, 6.45) is -8.83. The molecule has 0 aromatic carbocycles. The minimum absolute atomic E-state index is 0.0771. The second kappa shape index (κ2) is 6.04. The van der Waals surface area contributed by atoms with Gasteiger partial charge < -0.3 is 4.57 Å². The molecule has 1 aromatic heterocycles. The van der Waals surface area contributed by atoms with Crippen molar-refractivity contribution in [1.29, 1.82) is 0 Å². The predicted octanol–water partition coefficient (Wildman–Crippen LogP) is 3.90. The summed E-state index contributed by atoms with van der Waals surface area (Å²) in [5.41, 5.74) is 0. The zero-order chi connectivity index (χ0) is 15.7. The molecule has 0 saturated heterocycles. The first-order valence-corrected chi connectivity index (χ1v) is 7.05. The molecule has 0 radical (unpaired) electrons. The Morgan fingerprint density at radius 1 is 0.850 bits per heavy atom. The van der Waals surface area contributed by atoms with Crippen LogP contribution in [0.5, 0.6) is 0 Å². The van der Waals surface area contributed by atoms with E-state index in [1.54, 1.807) is 0 Å². The fourth-order valence-corrected chi connectivity index (χ4v) is 2.58. The van der Waals surface area contributed by atoms with E-state index >= 15 is 0 Å². The molecular formula is C9H11F6N3S2. The van der Waals surface area contributed by atoms with Crippen LogP contribution in [0.25, 0.3) is 0 Å². The standard InChI is InChI=1S/C9H11F6N3S2/c1-4(8(10,11)12)19-6-16-17-7(18(6)3)20-5(2)9(13,14)15/h4-5H,1-3H3. The zero-order valence-electron chi connectivity index (χ0n) is 10.6. The Kier molecular flexibility index (Phi) is 5.28. The van der Waals surface area contributed by atoms with Crippen LogP contribution in [-0.4, -0.2) is 37.6 Å². The number of rotatable bonds is 4. The van der Waals surface area contributed by atoms with Crippen molar-refractivity contribution in [2.24, 2.45) is 7.05 Å². The lowest BCUT2D eigenvalue weighted by Gasteiger charge is -2.15. The average Bonchev–Trinajstić information content (AvgIpc) is 2.59. The molecule has 0 spiro atoms. The summed E-state index contributed by atoms with van der Waals surface area (Å²) < 4.78 is 75.6. The molecule has 11 heteroatoms. The highest BCUT2D eigenvalue weighted by atomic mass is 32.2. The molecule has 3 nitrogen and oxygen atoms in total. The molecule has 0 aliphatic carbocycles. The molecule has 0 aliphatic rings. The van der Waals surface area contributed by atoms with Gasteiger partial charge in [0.1, 0.15) is 10.5 Å². The summed E-state index contributed by atoms with van der Waals surface area (Å²) in [7, 11) is 1.33. The smallest absolute Gasteiger partial charge is 0.300 e. The average molecular weight is 339 g/mol. The third-order valence-electron chi connectivity index (χ3n) is 2.28. The summed E-state index contributed by atoms with van der Waals surface area (Å²) >= 11 is 0.805. The van der Waals surface area contributed by atoms with Crippen molar-refractivity contribution < 1.29 is 26.3 Å². The lowest BCUT2D eigenvalue weighted by Crippen LogP contribution is -2.23. The van der Waals surface area contributed by atoms with Gasteiger partial charge in [0.05, 0.1) is 0 Å². The fourth-order valence-electron chi connectivity index (χ4n) is 0.957. The summed E-state index contributed by atoms with van der Waals surface area (Å²) in [4.78, 5) is 0. The van der Waals surface area contributed by atoms with Crippen molar-refractivity contribution in [2.75, 3.05) is 0 Å². The molecule has 2 unspecified atom stereocenters. The maximum atomic E-state index is 12.4. The number of halogens is 6. The molecule has 0 aliphatic heterocycles. The third kappa shape index (κ3) is 4.47. The molecule has 0 amide bonds. The van der Waals surface area contributed by atoms with Crippen LogP contribution in [-0.2, 0) is 7.05 Å². The van der Waals surface area contributed by atoms with Gasteiger partial charge in [-0.2, -0.15) is 26.3 Å². The number of thioether (sulfide) groups is 2. The Morgan fingerprint density at radius 2 is 1.15 bits per heavy atom. The van der Waals surface area contributed by atoms with Crippen LogP contribution in [0.2, 0.25) is 0 Å². The van der Waals surface area contributed by atoms with Gasteiger partial charge in [-0.3, -0.25) is 0 Å². The molecule has 1 rings (SSSR count). The van der Waals surface area contributed by atoms with Crippen LogP contribution in [0, 0.1) is 0 Å².